The highest BCUT2D eigenvalue weighted by atomic mass is 79.9. The number of likely N-dealkylation sites (tertiary alicyclic amines) is 1. The van der Waals surface area contributed by atoms with Gasteiger partial charge < -0.3 is 9.80 Å². The molecule has 94 valence electrons. The molecule has 0 amide bonds. The molecular formula is C14H21BrN2. The minimum absolute atomic E-state index is 1.03. The largest absolute Gasteiger partial charge is 0.302 e. The SMILES string of the molecule is CN(CCN1CCCC1)Cc1cccc(Br)c1. The summed E-state index contributed by atoms with van der Waals surface area (Å²) in [4.78, 5) is 4.97. The van der Waals surface area contributed by atoms with Crippen LogP contribution in [-0.4, -0.2) is 43.0 Å². The van der Waals surface area contributed by atoms with Gasteiger partial charge in [-0.3, -0.25) is 0 Å². The van der Waals surface area contributed by atoms with E-state index in [0.29, 0.717) is 0 Å². The number of halogens is 1. The second kappa shape index (κ2) is 6.53. The number of nitrogens with zero attached hydrogens (tertiary/aromatic N) is 2. The summed E-state index contributed by atoms with van der Waals surface area (Å²) in [5.74, 6) is 0. The van der Waals surface area contributed by atoms with E-state index in [4.69, 9.17) is 0 Å². The average molecular weight is 297 g/mol. The fraction of sp³-hybridized carbons (Fsp3) is 0.571. The molecule has 17 heavy (non-hydrogen) atoms. The Morgan fingerprint density at radius 2 is 2.06 bits per heavy atom. The molecule has 0 unspecified atom stereocenters. The summed E-state index contributed by atoms with van der Waals surface area (Å²) in [5, 5.41) is 0. The highest BCUT2D eigenvalue weighted by Crippen LogP contribution is 2.13. The van der Waals surface area contributed by atoms with Crippen molar-refractivity contribution in [3.63, 3.8) is 0 Å². The summed E-state index contributed by atoms with van der Waals surface area (Å²) >= 11 is 3.52. The van der Waals surface area contributed by atoms with Crippen LogP contribution in [0.2, 0.25) is 0 Å². The van der Waals surface area contributed by atoms with Crippen LogP contribution in [-0.2, 0) is 6.54 Å². The molecule has 0 aliphatic carbocycles. The smallest absolute Gasteiger partial charge is 0.0231 e. The maximum absolute atomic E-state index is 3.52. The first-order chi connectivity index (χ1) is 8.24. The van der Waals surface area contributed by atoms with Crippen LogP contribution < -0.4 is 0 Å². The Bertz CT molecular complexity index is 348. The topological polar surface area (TPSA) is 6.48 Å². The Morgan fingerprint density at radius 3 is 2.76 bits per heavy atom. The van der Waals surface area contributed by atoms with Crippen molar-refractivity contribution in [3.8, 4) is 0 Å². The van der Waals surface area contributed by atoms with Gasteiger partial charge in [-0.1, -0.05) is 28.1 Å². The first-order valence-corrected chi connectivity index (χ1v) is 7.19. The average Bonchev–Trinajstić information content (AvgIpc) is 2.79. The zero-order chi connectivity index (χ0) is 12.1. The molecule has 2 nitrogen and oxygen atoms in total. The summed E-state index contributed by atoms with van der Waals surface area (Å²) in [6, 6.07) is 8.57. The van der Waals surface area contributed by atoms with Crippen LogP contribution in [0.3, 0.4) is 0 Å². The maximum Gasteiger partial charge on any atom is 0.0231 e. The molecule has 1 aromatic carbocycles. The first-order valence-electron chi connectivity index (χ1n) is 6.39. The third kappa shape index (κ3) is 4.41. The van der Waals surface area contributed by atoms with Crippen molar-refractivity contribution in [2.75, 3.05) is 33.2 Å². The zero-order valence-electron chi connectivity index (χ0n) is 10.5. The number of likely N-dealkylation sites (N-methyl/N-ethyl adjacent to an activating group) is 1. The van der Waals surface area contributed by atoms with E-state index in [1.807, 2.05) is 0 Å². The highest BCUT2D eigenvalue weighted by Gasteiger charge is 2.11. The van der Waals surface area contributed by atoms with Gasteiger partial charge in [0.05, 0.1) is 0 Å². The van der Waals surface area contributed by atoms with Gasteiger partial charge in [-0.2, -0.15) is 0 Å². The lowest BCUT2D eigenvalue weighted by Crippen LogP contribution is -2.31. The summed E-state index contributed by atoms with van der Waals surface area (Å²) < 4.78 is 1.17. The summed E-state index contributed by atoms with van der Waals surface area (Å²) in [6.45, 7) is 6.00. The van der Waals surface area contributed by atoms with Gasteiger partial charge in [-0.15, -0.1) is 0 Å². The first kappa shape index (κ1) is 13.1. The predicted molar refractivity (Wildman–Crippen MR) is 76.2 cm³/mol. The molecule has 1 saturated heterocycles. The lowest BCUT2D eigenvalue weighted by atomic mass is 10.2. The van der Waals surface area contributed by atoms with Crippen LogP contribution in [0.5, 0.6) is 0 Å². The predicted octanol–water partition coefficient (Wildman–Crippen LogP) is 2.98. The standard InChI is InChI=1S/C14H21BrN2/c1-16(9-10-17-7-2-3-8-17)12-13-5-4-6-14(15)11-13/h4-6,11H,2-3,7-10,12H2,1H3. The molecule has 0 saturated carbocycles. The Morgan fingerprint density at radius 1 is 1.29 bits per heavy atom. The molecule has 1 heterocycles. The van der Waals surface area contributed by atoms with E-state index in [-0.39, 0.29) is 0 Å². The molecule has 0 N–H and O–H groups in total. The van der Waals surface area contributed by atoms with E-state index in [0.717, 1.165) is 13.1 Å². The van der Waals surface area contributed by atoms with Gasteiger partial charge in [0, 0.05) is 24.1 Å². The number of hydrogen-bond donors (Lipinski definition) is 0. The van der Waals surface area contributed by atoms with E-state index in [1.165, 1.54) is 42.5 Å². The molecule has 0 radical (unpaired) electrons. The quantitative estimate of drug-likeness (QED) is 0.824. The van der Waals surface area contributed by atoms with Crippen molar-refractivity contribution in [3.05, 3.63) is 34.3 Å². The molecule has 1 aliphatic heterocycles. The zero-order valence-corrected chi connectivity index (χ0v) is 12.1. The van der Waals surface area contributed by atoms with Gasteiger partial charge in [0.15, 0.2) is 0 Å². The molecule has 0 aromatic heterocycles. The van der Waals surface area contributed by atoms with Crippen LogP contribution in [0.25, 0.3) is 0 Å². The van der Waals surface area contributed by atoms with Crippen LogP contribution in [0.4, 0.5) is 0 Å². The second-order valence-electron chi connectivity index (χ2n) is 4.92. The lowest BCUT2D eigenvalue weighted by molar-refractivity contribution is 0.252. The number of hydrogen-bond acceptors (Lipinski definition) is 2. The third-order valence-electron chi connectivity index (χ3n) is 3.34. The molecule has 0 atom stereocenters. The Hall–Kier alpha value is -0.380. The van der Waals surface area contributed by atoms with Crippen LogP contribution in [0, 0.1) is 0 Å². The minimum atomic E-state index is 1.03. The van der Waals surface area contributed by atoms with Crippen molar-refractivity contribution in [2.45, 2.75) is 19.4 Å². The molecule has 1 fully saturated rings. The fourth-order valence-electron chi connectivity index (χ4n) is 2.34. The lowest BCUT2D eigenvalue weighted by Gasteiger charge is -2.21. The van der Waals surface area contributed by atoms with Crippen LogP contribution in [0.1, 0.15) is 18.4 Å². The van der Waals surface area contributed by atoms with E-state index in [1.54, 1.807) is 0 Å². The number of benzene rings is 1. The van der Waals surface area contributed by atoms with Crippen LogP contribution >= 0.6 is 15.9 Å². The minimum Gasteiger partial charge on any atom is -0.302 e. The number of rotatable bonds is 5. The maximum atomic E-state index is 3.52. The van der Waals surface area contributed by atoms with Gasteiger partial charge >= 0.3 is 0 Å². The summed E-state index contributed by atoms with van der Waals surface area (Å²) in [7, 11) is 2.21. The van der Waals surface area contributed by atoms with Gasteiger partial charge in [-0.25, -0.2) is 0 Å². The molecule has 3 heteroatoms. The van der Waals surface area contributed by atoms with Gasteiger partial charge in [-0.05, 0) is 50.7 Å². The van der Waals surface area contributed by atoms with Crippen molar-refractivity contribution in [2.24, 2.45) is 0 Å². The normalized spacial score (nSPS) is 16.9. The molecule has 2 rings (SSSR count). The summed E-state index contributed by atoms with van der Waals surface area (Å²) in [6.07, 6.45) is 2.77. The van der Waals surface area contributed by atoms with Crippen molar-refractivity contribution >= 4 is 15.9 Å². The Kier molecular flexibility index (Phi) is 5.01. The fourth-order valence-corrected chi connectivity index (χ4v) is 2.79. The monoisotopic (exact) mass is 296 g/mol. The second-order valence-corrected chi connectivity index (χ2v) is 5.83. The van der Waals surface area contributed by atoms with E-state index in [2.05, 4.69) is 57.0 Å². The Labute approximate surface area is 113 Å². The Balaban J connectivity index is 1.74. The molecule has 0 bridgehead atoms. The van der Waals surface area contributed by atoms with E-state index < -0.39 is 0 Å². The van der Waals surface area contributed by atoms with Crippen molar-refractivity contribution in [1.29, 1.82) is 0 Å². The van der Waals surface area contributed by atoms with Gasteiger partial charge in [0.2, 0.25) is 0 Å². The summed E-state index contributed by atoms with van der Waals surface area (Å²) in [5.41, 5.74) is 1.38. The molecule has 1 aliphatic rings. The van der Waals surface area contributed by atoms with Gasteiger partial charge in [0.25, 0.3) is 0 Å². The third-order valence-corrected chi connectivity index (χ3v) is 3.83. The van der Waals surface area contributed by atoms with Gasteiger partial charge in [0.1, 0.15) is 0 Å². The molecule has 0 spiro atoms. The van der Waals surface area contributed by atoms with Crippen LogP contribution in [0.15, 0.2) is 28.7 Å². The molecule has 1 aromatic rings. The van der Waals surface area contributed by atoms with Crippen molar-refractivity contribution in [1.82, 2.24) is 9.80 Å². The molecular weight excluding hydrogens is 276 g/mol. The highest BCUT2D eigenvalue weighted by molar-refractivity contribution is 9.10. The van der Waals surface area contributed by atoms with E-state index >= 15 is 0 Å². The van der Waals surface area contributed by atoms with Crippen molar-refractivity contribution < 1.29 is 0 Å². The van der Waals surface area contributed by atoms with E-state index in [9.17, 15) is 0 Å².